The van der Waals surface area contributed by atoms with Gasteiger partial charge >= 0.3 is 0 Å². The minimum absolute atomic E-state index is 0.00613. The lowest BCUT2D eigenvalue weighted by Gasteiger charge is -2.44. The molecule has 8 nitrogen and oxygen atoms in total. The van der Waals surface area contributed by atoms with Gasteiger partial charge in [0, 0.05) is 44.8 Å². The van der Waals surface area contributed by atoms with Gasteiger partial charge in [0.15, 0.2) is 5.88 Å². The lowest BCUT2D eigenvalue weighted by molar-refractivity contribution is -0.136. The molecule has 2 heterocycles. The van der Waals surface area contributed by atoms with Gasteiger partial charge in [0.05, 0.1) is 0 Å². The summed E-state index contributed by atoms with van der Waals surface area (Å²) >= 11 is 0. The third-order valence-corrected chi connectivity index (χ3v) is 13.7. The molecule has 2 N–H and O–H groups in total. The first kappa shape index (κ1) is 49.6. The average Bonchev–Trinajstić information content (AvgIpc) is 3.68. The summed E-state index contributed by atoms with van der Waals surface area (Å²) in [6.45, 7) is 9.88. The number of rotatable bonds is 34. The van der Waals surface area contributed by atoms with Crippen LogP contribution in [0.15, 0.2) is 18.2 Å². The molecule has 1 saturated carbocycles. The van der Waals surface area contributed by atoms with E-state index >= 15 is 0 Å². The fourth-order valence-corrected chi connectivity index (χ4v) is 10.3. The summed E-state index contributed by atoms with van der Waals surface area (Å²) in [5.41, 5.74) is 0.415. The highest BCUT2D eigenvalue weighted by molar-refractivity contribution is 6.12. The van der Waals surface area contributed by atoms with Gasteiger partial charge in [-0.05, 0) is 68.6 Å². The number of carbonyl (C=O) groups is 3. The number of hydrogen-bond acceptors (Lipinski definition) is 5. The van der Waals surface area contributed by atoms with Crippen LogP contribution in [0.4, 0.5) is 5.69 Å². The SMILES string of the molecule is CCCCCCCCC1C(CCCCCC)CCC(CCCCCCCCN2C(=O)C=CC2=O)C1CCCCCCCCn1c(O)cc(N(CCCC)C(C)=O)c1O. The predicted octanol–water partition coefficient (Wildman–Crippen LogP) is 13.4. The van der Waals surface area contributed by atoms with Crippen molar-refractivity contribution >= 4 is 23.4 Å². The lowest BCUT2D eigenvalue weighted by Crippen LogP contribution is -2.35. The Morgan fingerprint density at radius 2 is 1.00 bits per heavy atom. The van der Waals surface area contributed by atoms with Crippen LogP contribution < -0.4 is 4.90 Å². The Morgan fingerprint density at radius 3 is 1.48 bits per heavy atom. The summed E-state index contributed by atoms with van der Waals surface area (Å²) in [6.07, 6.45) is 40.9. The molecule has 3 rings (SSSR count). The van der Waals surface area contributed by atoms with E-state index in [1.54, 1.807) is 9.47 Å². The van der Waals surface area contributed by atoms with Crippen molar-refractivity contribution in [3.05, 3.63) is 18.2 Å². The predicted molar refractivity (Wildman–Crippen MR) is 241 cm³/mol. The van der Waals surface area contributed by atoms with Crippen molar-refractivity contribution < 1.29 is 24.6 Å². The van der Waals surface area contributed by atoms with Crippen LogP contribution in [-0.2, 0) is 20.9 Å². The standard InChI is InChI=1S/C50H87N3O5/c1-5-8-11-13-19-25-31-44-42(29-23-12-9-6-2)33-34-43(30-24-18-14-16-21-27-38-52-47(55)35-36-48(52)56)45(44)32-26-20-15-17-22-28-39-53-49(57)40-46(50(53)58)51(41(4)54)37-10-7-3/h35-36,40,42-45,57-58H,5-34,37-39H2,1-4H3. The maximum Gasteiger partial charge on any atom is 0.253 e. The van der Waals surface area contributed by atoms with Crippen molar-refractivity contribution in [2.75, 3.05) is 18.0 Å². The topological polar surface area (TPSA) is 103 Å². The van der Waals surface area contributed by atoms with Crippen LogP contribution in [0, 0.1) is 23.7 Å². The van der Waals surface area contributed by atoms with Crippen LogP contribution in [0.3, 0.4) is 0 Å². The van der Waals surface area contributed by atoms with E-state index in [0.717, 1.165) is 62.2 Å². The lowest BCUT2D eigenvalue weighted by atomic mass is 9.61. The normalized spacial score (nSPS) is 19.5. The zero-order valence-corrected chi connectivity index (χ0v) is 37.8. The highest BCUT2D eigenvalue weighted by Gasteiger charge is 2.37. The van der Waals surface area contributed by atoms with E-state index < -0.39 is 0 Å². The molecule has 1 aromatic heterocycles. The maximum absolute atomic E-state index is 12.3. The Labute approximate surface area is 355 Å². The molecule has 1 aliphatic carbocycles. The van der Waals surface area contributed by atoms with Gasteiger partial charge in [0.2, 0.25) is 11.8 Å². The summed E-state index contributed by atoms with van der Waals surface area (Å²) in [5, 5.41) is 21.5. The van der Waals surface area contributed by atoms with Crippen molar-refractivity contribution in [3.8, 4) is 11.8 Å². The van der Waals surface area contributed by atoms with Gasteiger partial charge in [0.1, 0.15) is 5.69 Å². The Bertz CT molecular complexity index is 1300. The number of anilines is 1. The highest BCUT2D eigenvalue weighted by Crippen LogP contribution is 2.48. The number of carbonyl (C=O) groups excluding carboxylic acids is 3. The first-order valence-electron chi connectivity index (χ1n) is 24.7. The third-order valence-electron chi connectivity index (χ3n) is 13.7. The summed E-state index contributed by atoms with van der Waals surface area (Å²) in [6, 6.07) is 1.53. The average molecular weight is 810 g/mol. The van der Waals surface area contributed by atoms with Gasteiger partial charge in [-0.25, -0.2) is 0 Å². The van der Waals surface area contributed by atoms with Crippen LogP contribution in [0.2, 0.25) is 0 Å². The monoisotopic (exact) mass is 810 g/mol. The number of amides is 3. The Hall–Kier alpha value is -2.77. The first-order valence-corrected chi connectivity index (χ1v) is 24.7. The molecule has 0 spiro atoms. The molecular formula is C50H87N3O5. The third kappa shape index (κ3) is 17.4. The summed E-state index contributed by atoms with van der Waals surface area (Å²) < 4.78 is 1.56. The Morgan fingerprint density at radius 1 is 0.586 bits per heavy atom. The van der Waals surface area contributed by atoms with E-state index in [0.29, 0.717) is 25.3 Å². The maximum atomic E-state index is 12.3. The fraction of sp³-hybridized carbons (Fsp3) is 0.820. The Balaban J connectivity index is 1.50. The number of nitrogens with zero attached hydrogens (tertiary/aromatic N) is 3. The molecule has 0 radical (unpaired) electrons. The molecule has 4 unspecified atom stereocenters. The van der Waals surface area contributed by atoms with Crippen molar-refractivity contribution in [2.45, 2.75) is 227 Å². The minimum atomic E-state index is -0.159. The quantitative estimate of drug-likeness (QED) is 0.0533. The molecule has 1 fully saturated rings. The van der Waals surface area contributed by atoms with Gasteiger partial charge in [-0.1, -0.05) is 168 Å². The Kier molecular flexibility index (Phi) is 25.2. The zero-order chi connectivity index (χ0) is 42.0. The van der Waals surface area contributed by atoms with E-state index in [9.17, 15) is 24.6 Å². The van der Waals surface area contributed by atoms with Crippen LogP contribution in [0.25, 0.3) is 0 Å². The van der Waals surface area contributed by atoms with Gasteiger partial charge in [-0.15, -0.1) is 0 Å². The molecule has 0 aromatic carbocycles. The smallest absolute Gasteiger partial charge is 0.253 e. The molecule has 0 saturated heterocycles. The molecule has 332 valence electrons. The van der Waals surface area contributed by atoms with Crippen molar-refractivity contribution in [2.24, 2.45) is 23.7 Å². The van der Waals surface area contributed by atoms with Crippen LogP contribution >= 0.6 is 0 Å². The van der Waals surface area contributed by atoms with E-state index in [1.807, 2.05) is 0 Å². The van der Waals surface area contributed by atoms with Gasteiger partial charge in [-0.2, -0.15) is 0 Å². The van der Waals surface area contributed by atoms with E-state index in [1.165, 1.54) is 184 Å². The number of hydrogen-bond donors (Lipinski definition) is 2. The number of aromatic nitrogens is 1. The van der Waals surface area contributed by atoms with Crippen molar-refractivity contribution in [1.29, 1.82) is 0 Å². The van der Waals surface area contributed by atoms with E-state index in [4.69, 9.17) is 0 Å². The van der Waals surface area contributed by atoms with Crippen LogP contribution in [0.5, 0.6) is 11.8 Å². The van der Waals surface area contributed by atoms with E-state index in [-0.39, 0.29) is 29.5 Å². The molecule has 2 aliphatic rings. The second kappa shape index (κ2) is 29.5. The minimum Gasteiger partial charge on any atom is -0.494 e. The summed E-state index contributed by atoms with van der Waals surface area (Å²) in [5.74, 6) is 3.12. The molecule has 58 heavy (non-hydrogen) atoms. The molecule has 3 amide bonds. The van der Waals surface area contributed by atoms with Gasteiger partial charge in [-0.3, -0.25) is 23.9 Å². The van der Waals surface area contributed by atoms with E-state index in [2.05, 4.69) is 20.8 Å². The second-order valence-electron chi connectivity index (χ2n) is 18.2. The zero-order valence-electron chi connectivity index (χ0n) is 37.8. The fourth-order valence-electron chi connectivity index (χ4n) is 10.3. The van der Waals surface area contributed by atoms with Crippen molar-refractivity contribution in [1.82, 2.24) is 9.47 Å². The summed E-state index contributed by atoms with van der Waals surface area (Å²) in [4.78, 5) is 38.9. The van der Waals surface area contributed by atoms with Gasteiger partial charge in [0.25, 0.3) is 11.8 Å². The number of aromatic hydroxyl groups is 2. The van der Waals surface area contributed by atoms with Gasteiger partial charge < -0.3 is 15.1 Å². The molecule has 1 aliphatic heterocycles. The molecule has 8 heteroatoms. The molecule has 4 atom stereocenters. The number of imide groups is 1. The second-order valence-corrected chi connectivity index (χ2v) is 18.2. The molecule has 1 aromatic rings. The van der Waals surface area contributed by atoms with Crippen molar-refractivity contribution in [3.63, 3.8) is 0 Å². The summed E-state index contributed by atoms with van der Waals surface area (Å²) in [7, 11) is 0. The largest absolute Gasteiger partial charge is 0.494 e. The van der Waals surface area contributed by atoms with Crippen LogP contribution in [-0.4, -0.2) is 50.5 Å². The van der Waals surface area contributed by atoms with Crippen LogP contribution in [0.1, 0.15) is 220 Å². The molecular weight excluding hydrogens is 723 g/mol. The first-order chi connectivity index (χ1) is 28.2. The molecule has 0 bridgehead atoms. The highest BCUT2D eigenvalue weighted by atomic mass is 16.3. The number of unbranched alkanes of at least 4 members (excludes halogenated alkanes) is 19.